The quantitative estimate of drug-likeness (QED) is 0.926. The summed E-state index contributed by atoms with van der Waals surface area (Å²) in [7, 11) is 0. The molecule has 23 heavy (non-hydrogen) atoms. The van der Waals surface area contributed by atoms with Crippen LogP contribution in [0.2, 0.25) is 0 Å². The van der Waals surface area contributed by atoms with Gasteiger partial charge in [-0.25, -0.2) is 0 Å². The molecule has 0 aliphatic carbocycles. The first-order valence-electron chi connectivity index (χ1n) is 7.69. The average molecular weight is 316 g/mol. The molecule has 0 radical (unpaired) electrons. The van der Waals surface area contributed by atoms with E-state index in [1.54, 1.807) is 13.0 Å². The van der Waals surface area contributed by atoms with Gasteiger partial charge in [0.15, 0.2) is 11.9 Å². The Balaban J connectivity index is 2.03. The molecular weight excluding hydrogens is 292 g/mol. The highest BCUT2D eigenvalue weighted by atomic mass is 16.5. The van der Waals surface area contributed by atoms with Gasteiger partial charge in [0.2, 0.25) is 0 Å². The molecule has 2 rings (SSSR count). The fourth-order valence-electron chi connectivity index (χ4n) is 2.01. The molecule has 0 spiro atoms. The number of nitrogens with zero attached hydrogens (tertiary/aromatic N) is 1. The maximum absolute atomic E-state index is 12.3. The molecule has 1 aromatic carbocycles. The van der Waals surface area contributed by atoms with E-state index in [1.807, 2.05) is 52.8 Å². The number of aromatic nitrogens is 1. The van der Waals surface area contributed by atoms with Crippen molar-refractivity contribution in [1.82, 2.24) is 5.16 Å². The van der Waals surface area contributed by atoms with Crippen molar-refractivity contribution in [2.75, 3.05) is 5.32 Å². The van der Waals surface area contributed by atoms with Gasteiger partial charge >= 0.3 is 0 Å². The van der Waals surface area contributed by atoms with E-state index < -0.39 is 6.10 Å². The number of aryl methyl sites for hydroxylation is 1. The summed E-state index contributed by atoms with van der Waals surface area (Å²) in [6, 6.07) is 7.52. The first-order chi connectivity index (χ1) is 10.7. The van der Waals surface area contributed by atoms with Crippen molar-refractivity contribution in [2.24, 2.45) is 0 Å². The van der Waals surface area contributed by atoms with E-state index in [0.717, 1.165) is 16.9 Å². The van der Waals surface area contributed by atoms with Crippen LogP contribution in [0.15, 0.2) is 28.8 Å². The van der Waals surface area contributed by atoms with Crippen LogP contribution in [-0.4, -0.2) is 17.2 Å². The van der Waals surface area contributed by atoms with E-state index >= 15 is 0 Å². The zero-order valence-corrected chi connectivity index (χ0v) is 14.6. The Morgan fingerprint density at radius 3 is 2.61 bits per heavy atom. The average Bonchev–Trinajstić information content (AvgIpc) is 2.92. The summed E-state index contributed by atoms with van der Waals surface area (Å²) in [5.41, 5.74) is 2.00. The minimum absolute atomic E-state index is 0.156. The minimum atomic E-state index is -0.634. The van der Waals surface area contributed by atoms with Crippen LogP contribution in [0, 0.1) is 13.8 Å². The van der Waals surface area contributed by atoms with Crippen molar-refractivity contribution in [3.63, 3.8) is 0 Å². The Morgan fingerprint density at radius 1 is 1.30 bits per heavy atom. The van der Waals surface area contributed by atoms with Crippen LogP contribution >= 0.6 is 0 Å². The normalized spacial score (nSPS) is 12.8. The highest BCUT2D eigenvalue weighted by Crippen LogP contribution is 2.25. The number of rotatable bonds is 4. The first-order valence-corrected chi connectivity index (χ1v) is 7.69. The summed E-state index contributed by atoms with van der Waals surface area (Å²) in [5, 5.41) is 6.60. The highest BCUT2D eigenvalue weighted by molar-refractivity contribution is 5.93. The summed E-state index contributed by atoms with van der Waals surface area (Å²) in [6.45, 7) is 11.8. The van der Waals surface area contributed by atoms with Gasteiger partial charge in [0, 0.05) is 11.5 Å². The molecule has 0 aliphatic heterocycles. The third-order valence-electron chi connectivity index (χ3n) is 3.73. The van der Waals surface area contributed by atoms with Crippen molar-refractivity contribution in [2.45, 2.75) is 53.1 Å². The summed E-state index contributed by atoms with van der Waals surface area (Å²) in [5.74, 6) is 1.56. The van der Waals surface area contributed by atoms with Crippen molar-refractivity contribution in [1.29, 1.82) is 0 Å². The Hall–Kier alpha value is -2.30. The summed E-state index contributed by atoms with van der Waals surface area (Å²) < 4.78 is 11.0. The lowest BCUT2D eigenvalue weighted by atomic mass is 9.93. The van der Waals surface area contributed by atoms with Gasteiger partial charge < -0.3 is 14.6 Å². The molecule has 0 bridgehead atoms. The number of hydrogen-bond acceptors (Lipinski definition) is 4. The first kappa shape index (κ1) is 17.1. The highest BCUT2D eigenvalue weighted by Gasteiger charge is 2.22. The number of hydrogen-bond donors (Lipinski definition) is 1. The maximum atomic E-state index is 12.3. The lowest BCUT2D eigenvalue weighted by molar-refractivity contribution is -0.122. The third-order valence-corrected chi connectivity index (χ3v) is 3.73. The van der Waals surface area contributed by atoms with Gasteiger partial charge in [0.25, 0.3) is 5.91 Å². The van der Waals surface area contributed by atoms with Gasteiger partial charge in [-0.1, -0.05) is 38.1 Å². The van der Waals surface area contributed by atoms with Crippen molar-refractivity contribution < 1.29 is 14.1 Å². The van der Waals surface area contributed by atoms with Gasteiger partial charge in [-0.05, 0) is 38.0 Å². The van der Waals surface area contributed by atoms with Crippen LogP contribution in [0.3, 0.4) is 0 Å². The van der Waals surface area contributed by atoms with E-state index in [0.29, 0.717) is 11.6 Å². The second-order valence-electron chi connectivity index (χ2n) is 6.77. The topological polar surface area (TPSA) is 64.4 Å². The molecule has 1 amide bonds. The predicted octanol–water partition coefficient (Wildman–Crippen LogP) is 3.99. The second kappa shape index (κ2) is 6.44. The number of amides is 1. The van der Waals surface area contributed by atoms with E-state index in [1.165, 1.54) is 0 Å². The number of benzene rings is 1. The molecule has 0 saturated carbocycles. The molecule has 1 heterocycles. The SMILES string of the molecule is Cc1cccc(OC(C)C(=O)Nc2cc(C(C)(C)C)on2)c1C. The summed E-state index contributed by atoms with van der Waals surface area (Å²) in [6.07, 6.45) is -0.634. The summed E-state index contributed by atoms with van der Waals surface area (Å²) in [4.78, 5) is 12.3. The van der Waals surface area contributed by atoms with E-state index in [9.17, 15) is 4.79 Å². The third kappa shape index (κ3) is 4.12. The number of ether oxygens (including phenoxy) is 1. The molecule has 0 saturated heterocycles. The van der Waals surface area contributed by atoms with Gasteiger partial charge in [-0.15, -0.1) is 0 Å². The smallest absolute Gasteiger partial charge is 0.266 e. The van der Waals surface area contributed by atoms with Crippen molar-refractivity contribution in [3.05, 3.63) is 41.2 Å². The minimum Gasteiger partial charge on any atom is -0.481 e. The number of nitrogens with one attached hydrogen (secondary N) is 1. The zero-order chi connectivity index (χ0) is 17.2. The van der Waals surface area contributed by atoms with Gasteiger partial charge in [0.05, 0.1) is 0 Å². The lowest BCUT2D eigenvalue weighted by Crippen LogP contribution is -2.30. The predicted molar refractivity (Wildman–Crippen MR) is 89.8 cm³/mol. The number of carbonyl (C=O) groups is 1. The fraction of sp³-hybridized carbons (Fsp3) is 0.444. The molecule has 1 unspecified atom stereocenters. The van der Waals surface area contributed by atoms with Gasteiger partial charge in [-0.2, -0.15) is 0 Å². The Bertz CT molecular complexity index is 699. The van der Waals surface area contributed by atoms with Crippen LogP contribution in [-0.2, 0) is 10.2 Å². The van der Waals surface area contributed by atoms with Crippen LogP contribution in [0.25, 0.3) is 0 Å². The second-order valence-corrected chi connectivity index (χ2v) is 6.77. The molecular formula is C18H24N2O3. The molecule has 2 aromatic rings. The largest absolute Gasteiger partial charge is 0.481 e. The molecule has 0 aliphatic rings. The van der Waals surface area contributed by atoms with Crippen LogP contribution < -0.4 is 10.1 Å². The Morgan fingerprint density at radius 2 is 2.00 bits per heavy atom. The molecule has 5 heteroatoms. The maximum Gasteiger partial charge on any atom is 0.266 e. The van der Waals surface area contributed by atoms with E-state index in [4.69, 9.17) is 9.26 Å². The van der Waals surface area contributed by atoms with Gasteiger partial charge in [0.1, 0.15) is 11.5 Å². The van der Waals surface area contributed by atoms with Gasteiger partial charge in [-0.3, -0.25) is 4.79 Å². The van der Waals surface area contributed by atoms with Crippen LogP contribution in [0.4, 0.5) is 5.82 Å². The molecule has 124 valence electrons. The van der Waals surface area contributed by atoms with Crippen LogP contribution in [0.1, 0.15) is 44.6 Å². The van der Waals surface area contributed by atoms with E-state index in [2.05, 4.69) is 10.5 Å². The molecule has 1 atom stereocenters. The number of carbonyl (C=O) groups excluding carboxylic acids is 1. The zero-order valence-electron chi connectivity index (χ0n) is 14.6. The number of anilines is 1. The Kier molecular flexibility index (Phi) is 4.78. The standard InChI is InChI=1S/C18H24N2O3/c1-11-8-7-9-14(12(11)2)22-13(3)17(21)19-16-10-15(23-20-16)18(4,5)6/h7-10,13H,1-6H3,(H,19,20,21). The van der Waals surface area contributed by atoms with Crippen molar-refractivity contribution >= 4 is 11.7 Å². The monoisotopic (exact) mass is 316 g/mol. The molecule has 1 N–H and O–H groups in total. The fourth-order valence-corrected chi connectivity index (χ4v) is 2.01. The molecule has 1 aromatic heterocycles. The lowest BCUT2D eigenvalue weighted by Gasteiger charge is -2.16. The van der Waals surface area contributed by atoms with Crippen LogP contribution in [0.5, 0.6) is 5.75 Å². The molecule has 0 fully saturated rings. The summed E-state index contributed by atoms with van der Waals surface area (Å²) >= 11 is 0. The van der Waals surface area contributed by atoms with Crippen molar-refractivity contribution in [3.8, 4) is 5.75 Å². The van der Waals surface area contributed by atoms with E-state index in [-0.39, 0.29) is 11.3 Å². The Labute approximate surface area is 137 Å². The molecule has 5 nitrogen and oxygen atoms in total.